The molecule has 0 aliphatic rings. The maximum absolute atomic E-state index is 11.6. The molecule has 0 fully saturated rings. The van der Waals surface area contributed by atoms with Crippen LogP contribution in [0.25, 0.3) is 0 Å². The number of benzene rings is 1. The number of nitrogen functional groups attached to an aromatic ring is 1. The zero-order chi connectivity index (χ0) is 14.8. The van der Waals surface area contributed by atoms with E-state index in [4.69, 9.17) is 25.3 Å². The molecule has 1 rings (SSSR count). The van der Waals surface area contributed by atoms with Crippen LogP contribution >= 0.6 is 15.2 Å². The van der Waals surface area contributed by atoms with Gasteiger partial charge in [-0.2, -0.15) is 0 Å². The number of rotatable bonds is 4. The molecule has 7 N–H and O–H groups in total. The van der Waals surface area contributed by atoms with Crippen molar-refractivity contribution in [3.63, 3.8) is 0 Å². The summed E-state index contributed by atoms with van der Waals surface area (Å²) in [5, 5.41) is 1.63. The van der Waals surface area contributed by atoms with Crippen molar-refractivity contribution in [1.82, 2.24) is 5.32 Å². The molecule has 0 saturated carbocycles. The first-order valence-electron chi connectivity index (χ1n) is 4.78. The van der Waals surface area contributed by atoms with Crippen LogP contribution in [-0.4, -0.2) is 60.6 Å². The second-order valence-electron chi connectivity index (χ2n) is 3.65. The van der Waals surface area contributed by atoms with Crippen molar-refractivity contribution in [1.29, 1.82) is 0 Å². The Kier molecular flexibility index (Phi) is 7.10. The standard InChI is InChI=1S/C8H12N2O7P2.Na/c9-6-3-1-5(2-4-6)7(11)10-8(18(12,13)14)19(15,16)17;/h1-4,8H,9H2,(H,10,11)(H2,12,13,14)(H2,15,16,17);. The van der Waals surface area contributed by atoms with Crippen LogP contribution in [0.5, 0.6) is 0 Å². The fraction of sp³-hybridized carbons (Fsp3) is 0.125. The molecule has 1 radical (unpaired) electrons. The third-order valence-electron chi connectivity index (χ3n) is 2.07. The molecule has 0 bridgehead atoms. The van der Waals surface area contributed by atoms with Gasteiger partial charge in [0.25, 0.3) is 5.91 Å². The molecular weight excluding hydrogens is 321 g/mol. The van der Waals surface area contributed by atoms with E-state index >= 15 is 0 Å². The van der Waals surface area contributed by atoms with Crippen molar-refractivity contribution in [3.8, 4) is 0 Å². The van der Waals surface area contributed by atoms with Crippen molar-refractivity contribution >= 4 is 56.3 Å². The second-order valence-corrected chi connectivity index (χ2v) is 7.44. The van der Waals surface area contributed by atoms with Crippen LogP contribution in [0.15, 0.2) is 24.3 Å². The Labute approximate surface area is 136 Å². The van der Waals surface area contributed by atoms with Crippen LogP contribution in [-0.2, 0) is 9.13 Å². The van der Waals surface area contributed by atoms with Gasteiger partial charge in [-0.1, -0.05) is 0 Å². The maximum Gasteiger partial charge on any atom is 0.360 e. The van der Waals surface area contributed by atoms with E-state index in [0.29, 0.717) is 5.69 Å². The van der Waals surface area contributed by atoms with Gasteiger partial charge >= 0.3 is 15.2 Å². The average Bonchev–Trinajstić information content (AvgIpc) is 2.23. The first-order chi connectivity index (χ1) is 8.51. The fourth-order valence-electron chi connectivity index (χ4n) is 1.20. The van der Waals surface area contributed by atoms with Crippen molar-refractivity contribution in [3.05, 3.63) is 29.8 Å². The molecule has 1 aromatic carbocycles. The average molecular weight is 333 g/mol. The molecule has 0 aliphatic carbocycles. The number of nitrogens with two attached hydrogens (primary N) is 1. The summed E-state index contributed by atoms with van der Waals surface area (Å²) in [6.45, 7) is 0. The second kappa shape index (κ2) is 7.17. The summed E-state index contributed by atoms with van der Waals surface area (Å²) >= 11 is 0. The first-order valence-corrected chi connectivity index (χ1v) is 8.15. The molecule has 0 heterocycles. The molecular formula is C8H12N2NaO7P2. The van der Waals surface area contributed by atoms with Crippen molar-refractivity contribution in [2.45, 2.75) is 5.52 Å². The van der Waals surface area contributed by atoms with Gasteiger partial charge in [-0.05, 0) is 24.3 Å². The van der Waals surface area contributed by atoms with E-state index in [1.54, 1.807) is 5.32 Å². The van der Waals surface area contributed by atoms with E-state index in [-0.39, 0.29) is 35.1 Å². The molecule has 20 heavy (non-hydrogen) atoms. The van der Waals surface area contributed by atoms with Crippen molar-refractivity contribution in [2.75, 3.05) is 5.73 Å². The Morgan fingerprint density at radius 1 is 1.05 bits per heavy atom. The molecule has 0 spiro atoms. The molecule has 107 valence electrons. The minimum absolute atomic E-state index is 0. The minimum atomic E-state index is -5.20. The van der Waals surface area contributed by atoms with Gasteiger partial charge in [-0.3, -0.25) is 13.9 Å². The number of nitrogens with one attached hydrogen (secondary N) is 1. The number of hydrogen-bond donors (Lipinski definition) is 6. The van der Waals surface area contributed by atoms with Crippen LogP contribution in [0.2, 0.25) is 0 Å². The molecule has 0 saturated heterocycles. The van der Waals surface area contributed by atoms with Gasteiger partial charge in [0.2, 0.25) is 5.52 Å². The summed E-state index contributed by atoms with van der Waals surface area (Å²) in [6, 6.07) is 5.22. The molecule has 0 aromatic heterocycles. The summed E-state index contributed by atoms with van der Waals surface area (Å²) in [5.74, 6) is -1.03. The Morgan fingerprint density at radius 3 is 1.80 bits per heavy atom. The predicted octanol–water partition coefficient (Wildman–Crippen LogP) is -0.743. The molecule has 0 aliphatic heterocycles. The minimum Gasteiger partial charge on any atom is -0.399 e. The van der Waals surface area contributed by atoms with E-state index in [9.17, 15) is 13.9 Å². The molecule has 0 atom stereocenters. The summed E-state index contributed by atoms with van der Waals surface area (Å²) in [7, 11) is -10.4. The quantitative estimate of drug-likeness (QED) is 0.237. The monoisotopic (exact) mass is 333 g/mol. The zero-order valence-corrected chi connectivity index (χ0v) is 14.2. The molecule has 0 unspecified atom stereocenters. The van der Waals surface area contributed by atoms with Gasteiger partial charge in [-0.25, -0.2) is 0 Å². The topological polar surface area (TPSA) is 170 Å². The van der Waals surface area contributed by atoms with Gasteiger partial charge in [0.05, 0.1) is 0 Å². The summed E-state index contributed by atoms with van der Waals surface area (Å²) < 4.78 is 21.9. The maximum atomic E-state index is 11.6. The molecule has 12 heteroatoms. The Morgan fingerprint density at radius 2 is 1.45 bits per heavy atom. The Bertz CT molecular complexity index is 545. The zero-order valence-electron chi connectivity index (χ0n) is 10.4. The number of anilines is 1. The van der Waals surface area contributed by atoms with Crippen LogP contribution in [0.4, 0.5) is 5.69 Å². The van der Waals surface area contributed by atoms with Crippen molar-refractivity contribution < 1.29 is 33.5 Å². The van der Waals surface area contributed by atoms with Gasteiger partial charge in [-0.15, -0.1) is 0 Å². The van der Waals surface area contributed by atoms with Crippen LogP contribution < -0.4 is 11.1 Å². The van der Waals surface area contributed by atoms with E-state index in [1.165, 1.54) is 24.3 Å². The van der Waals surface area contributed by atoms with Crippen LogP contribution in [0.1, 0.15) is 10.4 Å². The molecule has 1 aromatic rings. The van der Waals surface area contributed by atoms with Gasteiger partial charge in [0, 0.05) is 40.8 Å². The summed E-state index contributed by atoms with van der Waals surface area (Å²) in [5.41, 5.74) is 3.13. The normalized spacial score (nSPS) is 11.8. The molecule has 1 amide bonds. The van der Waals surface area contributed by atoms with Crippen LogP contribution in [0, 0.1) is 0 Å². The molecule has 9 nitrogen and oxygen atoms in total. The predicted molar refractivity (Wildman–Crippen MR) is 72.0 cm³/mol. The number of carbonyl (C=O) groups is 1. The summed E-state index contributed by atoms with van der Waals surface area (Å²) in [4.78, 5) is 47.0. The third kappa shape index (κ3) is 5.65. The van der Waals surface area contributed by atoms with E-state index in [0.717, 1.165) is 0 Å². The van der Waals surface area contributed by atoms with Gasteiger partial charge in [0.15, 0.2) is 0 Å². The van der Waals surface area contributed by atoms with Gasteiger partial charge < -0.3 is 30.6 Å². The largest absolute Gasteiger partial charge is 0.399 e. The van der Waals surface area contributed by atoms with Crippen LogP contribution in [0.3, 0.4) is 0 Å². The first kappa shape index (κ1) is 19.8. The SMILES string of the molecule is Nc1ccc(C(=O)NC(P(=O)(O)O)P(=O)(O)O)cc1.[Na]. The van der Waals surface area contributed by atoms with E-state index in [2.05, 4.69) is 0 Å². The smallest absolute Gasteiger partial charge is 0.360 e. The number of hydrogen-bond acceptors (Lipinski definition) is 4. The van der Waals surface area contributed by atoms with Gasteiger partial charge in [0.1, 0.15) is 0 Å². The Hall–Kier alpha value is -0.210. The summed E-state index contributed by atoms with van der Waals surface area (Å²) in [6.07, 6.45) is 0. The third-order valence-corrected chi connectivity index (χ3v) is 5.41. The fourth-order valence-corrected chi connectivity index (χ4v) is 3.34. The number of amides is 1. The van der Waals surface area contributed by atoms with Crippen molar-refractivity contribution in [2.24, 2.45) is 0 Å². The van der Waals surface area contributed by atoms with E-state index in [1.807, 2.05) is 0 Å². The number of carbonyl (C=O) groups excluding carboxylic acids is 1. The van der Waals surface area contributed by atoms with E-state index < -0.39 is 26.6 Å². The Balaban J connectivity index is 0.00000361.